The molecule has 34 heavy (non-hydrogen) atoms. The van der Waals surface area contributed by atoms with Crippen molar-refractivity contribution in [2.45, 2.75) is 43.7 Å². The third-order valence-corrected chi connectivity index (χ3v) is 7.42. The van der Waals surface area contributed by atoms with Gasteiger partial charge in [0.25, 0.3) is 0 Å². The molecular formula is C26H31ClF3N3O. The molecule has 2 aromatic rings. The van der Waals surface area contributed by atoms with Gasteiger partial charge in [-0.15, -0.1) is 0 Å². The maximum absolute atomic E-state index is 13.3. The summed E-state index contributed by atoms with van der Waals surface area (Å²) in [5, 5.41) is 3.83. The molecule has 4 rings (SSSR count). The van der Waals surface area contributed by atoms with Crippen LogP contribution in [0.15, 0.2) is 48.5 Å². The van der Waals surface area contributed by atoms with Gasteiger partial charge >= 0.3 is 6.18 Å². The van der Waals surface area contributed by atoms with Crippen LogP contribution in [0.5, 0.6) is 0 Å². The lowest BCUT2D eigenvalue weighted by molar-refractivity contribution is -0.137. The van der Waals surface area contributed by atoms with E-state index in [2.05, 4.69) is 10.2 Å². The molecular weight excluding hydrogens is 463 g/mol. The lowest BCUT2D eigenvalue weighted by Gasteiger charge is -2.38. The summed E-state index contributed by atoms with van der Waals surface area (Å²) in [6.07, 6.45) is 0.573. The van der Waals surface area contributed by atoms with Crippen molar-refractivity contribution < 1.29 is 18.0 Å². The Labute approximate surface area is 204 Å². The number of hydrogen-bond acceptors (Lipinski definition) is 3. The minimum atomic E-state index is -4.34. The second kappa shape index (κ2) is 10.6. The Kier molecular flexibility index (Phi) is 7.73. The molecule has 8 heteroatoms. The van der Waals surface area contributed by atoms with E-state index >= 15 is 0 Å². The van der Waals surface area contributed by atoms with E-state index in [4.69, 9.17) is 11.6 Å². The Morgan fingerprint density at radius 3 is 2.29 bits per heavy atom. The quantitative estimate of drug-likeness (QED) is 0.577. The lowest BCUT2D eigenvalue weighted by atomic mass is 9.68. The highest BCUT2D eigenvalue weighted by molar-refractivity contribution is 6.30. The Balaban J connectivity index is 1.29. The smallest absolute Gasteiger partial charge is 0.369 e. The summed E-state index contributed by atoms with van der Waals surface area (Å²) in [4.78, 5) is 17.6. The van der Waals surface area contributed by atoms with Crippen LogP contribution in [0.1, 0.15) is 43.2 Å². The van der Waals surface area contributed by atoms with E-state index in [1.165, 1.54) is 12.1 Å². The van der Waals surface area contributed by atoms with Gasteiger partial charge in [-0.3, -0.25) is 9.69 Å². The van der Waals surface area contributed by atoms with Gasteiger partial charge in [-0.25, -0.2) is 0 Å². The Bertz CT molecular complexity index is 966. The van der Waals surface area contributed by atoms with Crippen LogP contribution in [0.25, 0.3) is 0 Å². The van der Waals surface area contributed by atoms with Gasteiger partial charge in [0.1, 0.15) is 0 Å². The highest BCUT2D eigenvalue weighted by Crippen LogP contribution is 2.40. The second-order valence-electron chi connectivity index (χ2n) is 9.28. The summed E-state index contributed by atoms with van der Waals surface area (Å²) in [6, 6.07) is 13.2. The largest absolute Gasteiger partial charge is 0.416 e. The maximum Gasteiger partial charge on any atom is 0.416 e. The fraction of sp³-hybridized carbons (Fsp3) is 0.500. The van der Waals surface area contributed by atoms with Gasteiger partial charge < -0.3 is 10.2 Å². The van der Waals surface area contributed by atoms with Gasteiger partial charge in [0.15, 0.2) is 0 Å². The van der Waals surface area contributed by atoms with Crippen molar-refractivity contribution >= 4 is 23.2 Å². The normalized spacial score (nSPS) is 19.1. The predicted molar refractivity (Wildman–Crippen MR) is 129 cm³/mol. The summed E-state index contributed by atoms with van der Waals surface area (Å²) in [5.41, 5.74) is 0.520. The molecule has 0 radical (unpaired) electrons. The molecule has 2 aromatic carbocycles. The van der Waals surface area contributed by atoms with E-state index in [1.54, 1.807) is 6.07 Å². The third-order valence-electron chi connectivity index (χ3n) is 7.16. The molecule has 1 saturated heterocycles. The molecule has 1 heterocycles. The molecule has 1 aliphatic carbocycles. The molecule has 0 bridgehead atoms. The summed E-state index contributed by atoms with van der Waals surface area (Å²) in [5.74, 6) is 0.0807. The van der Waals surface area contributed by atoms with Crippen molar-refractivity contribution in [1.29, 1.82) is 0 Å². The Morgan fingerprint density at radius 1 is 0.971 bits per heavy atom. The number of rotatable bonds is 6. The highest BCUT2D eigenvalue weighted by atomic mass is 35.5. The topological polar surface area (TPSA) is 35.6 Å². The van der Waals surface area contributed by atoms with Crippen molar-refractivity contribution in [3.05, 3.63) is 64.7 Å². The summed E-state index contributed by atoms with van der Waals surface area (Å²) in [6.45, 7) is 4.08. The average molecular weight is 494 g/mol. The van der Waals surface area contributed by atoms with Crippen molar-refractivity contribution in [1.82, 2.24) is 10.2 Å². The van der Waals surface area contributed by atoms with Gasteiger partial charge in [0.2, 0.25) is 5.91 Å². The molecule has 1 N–H and O–H groups in total. The Hall–Kier alpha value is -2.25. The molecule has 1 saturated carbocycles. The van der Waals surface area contributed by atoms with Crippen LogP contribution in [0, 0.1) is 0 Å². The highest BCUT2D eigenvalue weighted by Gasteiger charge is 2.41. The number of hydrogen-bond donors (Lipinski definition) is 1. The van der Waals surface area contributed by atoms with Crippen LogP contribution in [-0.2, 0) is 16.4 Å². The fourth-order valence-corrected chi connectivity index (χ4v) is 5.30. The zero-order valence-electron chi connectivity index (χ0n) is 19.2. The number of nitrogens with zero attached hydrogens (tertiary/aromatic N) is 2. The number of carbonyl (C=O) groups is 1. The first-order valence-electron chi connectivity index (χ1n) is 12.0. The minimum absolute atomic E-state index is 0.0807. The first kappa shape index (κ1) is 24.9. The van der Waals surface area contributed by atoms with E-state index in [0.717, 1.165) is 63.4 Å². The van der Waals surface area contributed by atoms with Crippen LogP contribution in [0.2, 0.25) is 5.02 Å². The van der Waals surface area contributed by atoms with Crippen LogP contribution in [0.3, 0.4) is 0 Å². The number of anilines is 1. The number of amides is 1. The maximum atomic E-state index is 13.3. The van der Waals surface area contributed by atoms with Crippen molar-refractivity contribution in [2.24, 2.45) is 0 Å². The van der Waals surface area contributed by atoms with Gasteiger partial charge in [-0.1, -0.05) is 49.1 Å². The van der Waals surface area contributed by atoms with Gasteiger partial charge in [-0.2, -0.15) is 13.2 Å². The summed E-state index contributed by atoms with van der Waals surface area (Å²) < 4.78 is 39.1. The fourth-order valence-electron chi connectivity index (χ4n) is 5.18. The molecule has 1 aliphatic heterocycles. The third kappa shape index (κ3) is 5.69. The van der Waals surface area contributed by atoms with Gasteiger partial charge in [-0.05, 0) is 48.7 Å². The summed E-state index contributed by atoms with van der Waals surface area (Å²) >= 11 is 6.06. The Morgan fingerprint density at radius 2 is 1.65 bits per heavy atom. The molecule has 2 fully saturated rings. The molecule has 0 unspecified atom stereocenters. The van der Waals surface area contributed by atoms with Crippen molar-refractivity contribution in [3.8, 4) is 0 Å². The van der Waals surface area contributed by atoms with E-state index in [0.29, 0.717) is 30.3 Å². The standard InChI is InChI=1S/C26H31ClF3N3O/c27-22-9-7-20(8-10-22)25(11-2-1-3-12-25)24(34)31-13-14-32-15-17-33(18-16-32)23-6-4-5-21(19-23)26(28,29)30/h4-10,19H,1-3,11-18H2,(H,31,34). The van der Waals surface area contributed by atoms with E-state index in [9.17, 15) is 18.0 Å². The first-order valence-corrected chi connectivity index (χ1v) is 12.3. The minimum Gasteiger partial charge on any atom is -0.369 e. The number of halogens is 4. The molecule has 0 aromatic heterocycles. The monoisotopic (exact) mass is 493 g/mol. The lowest BCUT2D eigenvalue weighted by Crippen LogP contribution is -2.51. The number of carbonyl (C=O) groups excluding carboxylic acids is 1. The van der Waals surface area contributed by atoms with Crippen LogP contribution in [-0.4, -0.2) is 50.1 Å². The molecule has 0 spiro atoms. The first-order chi connectivity index (χ1) is 16.3. The zero-order chi connectivity index (χ0) is 24.2. The molecule has 4 nitrogen and oxygen atoms in total. The SMILES string of the molecule is O=C(NCCN1CCN(c2cccc(C(F)(F)F)c2)CC1)C1(c2ccc(Cl)cc2)CCCCC1. The zero-order valence-corrected chi connectivity index (χ0v) is 20.0. The van der Waals surface area contributed by atoms with E-state index < -0.39 is 17.2 Å². The van der Waals surface area contributed by atoms with E-state index in [-0.39, 0.29) is 5.91 Å². The van der Waals surface area contributed by atoms with Gasteiger partial charge in [0.05, 0.1) is 11.0 Å². The molecule has 184 valence electrons. The van der Waals surface area contributed by atoms with Crippen LogP contribution < -0.4 is 10.2 Å². The van der Waals surface area contributed by atoms with Crippen LogP contribution >= 0.6 is 11.6 Å². The molecule has 2 aliphatic rings. The van der Waals surface area contributed by atoms with Crippen LogP contribution in [0.4, 0.5) is 18.9 Å². The van der Waals surface area contributed by atoms with Crippen molar-refractivity contribution in [2.75, 3.05) is 44.2 Å². The summed E-state index contributed by atoms with van der Waals surface area (Å²) in [7, 11) is 0. The number of nitrogens with one attached hydrogen (secondary N) is 1. The molecule has 1 amide bonds. The molecule has 0 atom stereocenters. The number of piperazine rings is 1. The predicted octanol–water partition coefficient (Wildman–Crippen LogP) is 5.50. The van der Waals surface area contributed by atoms with Gasteiger partial charge in [0, 0.05) is 50.0 Å². The van der Waals surface area contributed by atoms with Crippen molar-refractivity contribution in [3.63, 3.8) is 0 Å². The number of benzene rings is 2. The number of alkyl halides is 3. The average Bonchev–Trinajstić information content (AvgIpc) is 2.85. The second-order valence-corrected chi connectivity index (χ2v) is 9.72. The van der Waals surface area contributed by atoms with E-state index in [1.807, 2.05) is 29.2 Å².